The van der Waals surface area contributed by atoms with E-state index in [4.69, 9.17) is 0 Å². The summed E-state index contributed by atoms with van der Waals surface area (Å²) in [6, 6.07) is 15.7. The Labute approximate surface area is 124 Å². The second-order valence-corrected chi connectivity index (χ2v) is 5.45. The SMILES string of the molecule is O=[N+]([O-])c1ccc(CN[C@@H]2CCCc3ccccc32)cc1. The van der Waals surface area contributed by atoms with Crippen LogP contribution in [0.5, 0.6) is 0 Å². The monoisotopic (exact) mass is 282 g/mol. The third kappa shape index (κ3) is 3.11. The van der Waals surface area contributed by atoms with Crippen molar-refractivity contribution in [3.8, 4) is 0 Å². The lowest BCUT2D eigenvalue weighted by Crippen LogP contribution is -2.24. The zero-order valence-corrected chi connectivity index (χ0v) is 11.8. The maximum absolute atomic E-state index is 10.6. The molecule has 0 radical (unpaired) electrons. The smallest absolute Gasteiger partial charge is 0.269 e. The molecule has 2 aromatic carbocycles. The maximum Gasteiger partial charge on any atom is 0.269 e. The largest absolute Gasteiger partial charge is 0.306 e. The number of benzene rings is 2. The minimum absolute atomic E-state index is 0.141. The van der Waals surface area contributed by atoms with Gasteiger partial charge in [0.05, 0.1) is 4.92 Å². The topological polar surface area (TPSA) is 55.2 Å². The quantitative estimate of drug-likeness (QED) is 0.686. The Morgan fingerprint density at radius 1 is 1.14 bits per heavy atom. The molecule has 1 aliphatic rings. The highest BCUT2D eigenvalue weighted by molar-refractivity contribution is 5.34. The summed E-state index contributed by atoms with van der Waals surface area (Å²) in [5.74, 6) is 0. The Bertz CT molecular complexity index is 637. The van der Waals surface area contributed by atoms with Crippen molar-refractivity contribution >= 4 is 5.69 Å². The Morgan fingerprint density at radius 2 is 1.90 bits per heavy atom. The number of hydrogen-bond acceptors (Lipinski definition) is 3. The first-order valence-corrected chi connectivity index (χ1v) is 7.28. The zero-order valence-electron chi connectivity index (χ0n) is 11.8. The van der Waals surface area contributed by atoms with Gasteiger partial charge in [0.25, 0.3) is 5.69 Å². The molecule has 3 rings (SSSR count). The lowest BCUT2D eigenvalue weighted by molar-refractivity contribution is -0.384. The van der Waals surface area contributed by atoms with E-state index in [-0.39, 0.29) is 10.6 Å². The van der Waals surface area contributed by atoms with Crippen molar-refractivity contribution in [1.82, 2.24) is 5.32 Å². The van der Waals surface area contributed by atoms with E-state index in [1.165, 1.54) is 17.5 Å². The van der Waals surface area contributed by atoms with Gasteiger partial charge in [-0.05, 0) is 36.0 Å². The molecule has 0 amide bonds. The maximum atomic E-state index is 10.6. The van der Waals surface area contributed by atoms with E-state index < -0.39 is 0 Å². The first kappa shape index (κ1) is 13.8. The standard InChI is InChI=1S/C17H18N2O2/c20-19(21)15-10-8-13(9-11-15)12-18-17-7-3-5-14-4-1-2-6-16(14)17/h1-2,4,6,8-11,17-18H,3,5,7,12H2/t17-/m1/s1. The fourth-order valence-corrected chi connectivity index (χ4v) is 2.94. The number of nitrogens with one attached hydrogen (secondary N) is 1. The van der Waals surface area contributed by atoms with Crippen LogP contribution in [0.3, 0.4) is 0 Å². The van der Waals surface area contributed by atoms with Gasteiger partial charge in [-0.25, -0.2) is 0 Å². The highest BCUT2D eigenvalue weighted by atomic mass is 16.6. The summed E-state index contributed by atoms with van der Waals surface area (Å²) in [5.41, 5.74) is 4.04. The molecule has 4 nitrogen and oxygen atoms in total. The van der Waals surface area contributed by atoms with Crippen LogP contribution >= 0.6 is 0 Å². The summed E-state index contributed by atoms with van der Waals surface area (Å²) >= 11 is 0. The van der Waals surface area contributed by atoms with Gasteiger partial charge in [-0.2, -0.15) is 0 Å². The van der Waals surface area contributed by atoms with Crippen LogP contribution in [0.15, 0.2) is 48.5 Å². The van der Waals surface area contributed by atoms with Gasteiger partial charge in [-0.15, -0.1) is 0 Å². The van der Waals surface area contributed by atoms with Crippen molar-refractivity contribution in [2.75, 3.05) is 0 Å². The number of hydrogen-bond donors (Lipinski definition) is 1. The van der Waals surface area contributed by atoms with E-state index in [1.54, 1.807) is 12.1 Å². The zero-order chi connectivity index (χ0) is 14.7. The van der Waals surface area contributed by atoms with Crippen LogP contribution in [0.2, 0.25) is 0 Å². The second-order valence-electron chi connectivity index (χ2n) is 5.45. The Balaban J connectivity index is 1.67. The fourth-order valence-electron chi connectivity index (χ4n) is 2.94. The minimum Gasteiger partial charge on any atom is -0.306 e. The van der Waals surface area contributed by atoms with Crippen molar-refractivity contribution < 1.29 is 4.92 Å². The van der Waals surface area contributed by atoms with Gasteiger partial charge in [0, 0.05) is 24.7 Å². The highest BCUT2D eigenvalue weighted by Crippen LogP contribution is 2.29. The average Bonchev–Trinajstić information content (AvgIpc) is 2.53. The Morgan fingerprint density at radius 3 is 2.67 bits per heavy atom. The van der Waals surface area contributed by atoms with E-state index in [9.17, 15) is 10.1 Å². The molecule has 0 aromatic heterocycles. The van der Waals surface area contributed by atoms with Crippen molar-refractivity contribution in [3.05, 3.63) is 75.3 Å². The molecule has 1 atom stereocenters. The molecule has 4 heteroatoms. The lowest BCUT2D eigenvalue weighted by Gasteiger charge is -2.26. The molecule has 0 bridgehead atoms. The summed E-state index contributed by atoms with van der Waals surface area (Å²) in [6.45, 7) is 0.733. The summed E-state index contributed by atoms with van der Waals surface area (Å²) in [6.07, 6.45) is 3.50. The van der Waals surface area contributed by atoms with Crippen molar-refractivity contribution in [2.45, 2.75) is 31.8 Å². The van der Waals surface area contributed by atoms with Crippen LogP contribution in [-0.4, -0.2) is 4.92 Å². The molecule has 0 aliphatic heterocycles. The average molecular weight is 282 g/mol. The van der Waals surface area contributed by atoms with Crippen LogP contribution < -0.4 is 5.32 Å². The van der Waals surface area contributed by atoms with Gasteiger partial charge in [0.15, 0.2) is 0 Å². The summed E-state index contributed by atoms with van der Waals surface area (Å²) < 4.78 is 0. The summed E-state index contributed by atoms with van der Waals surface area (Å²) in [5, 5.41) is 14.2. The van der Waals surface area contributed by atoms with Gasteiger partial charge in [-0.1, -0.05) is 36.4 Å². The molecule has 2 aromatic rings. The number of aryl methyl sites for hydroxylation is 1. The Kier molecular flexibility index (Phi) is 3.97. The van der Waals surface area contributed by atoms with E-state index >= 15 is 0 Å². The highest BCUT2D eigenvalue weighted by Gasteiger charge is 2.18. The molecule has 0 spiro atoms. The normalized spacial score (nSPS) is 17.2. The van der Waals surface area contributed by atoms with E-state index in [2.05, 4.69) is 29.6 Å². The lowest BCUT2D eigenvalue weighted by atomic mass is 9.87. The van der Waals surface area contributed by atoms with Crippen LogP contribution in [-0.2, 0) is 13.0 Å². The van der Waals surface area contributed by atoms with Crippen molar-refractivity contribution in [3.63, 3.8) is 0 Å². The minimum atomic E-state index is -0.366. The van der Waals surface area contributed by atoms with Crippen LogP contribution in [0.4, 0.5) is 5.69 Å². The molecule has 0 fully saturated rings. The summed E-state index contributed by atoms with van der Waals surface area (Å²) in [4.78, 5) is 10.3. The molecule has 108 valence electrons. The number of fused-ring (bicyclic) bond motifs is 1. The van der Waals surface area contributed by atoms with Crippen molar-refractivity contribution in [2.24, 2.45) is 0 Å². The third-order valence-electron chi connectivity index (χ3n) is 4.07. The molecule has 0 saturated heterocycles. The van der Waals surface area contributed by atoms with E-state index in [0.717, 1.165) is 24.9 Å². The molecule has 0 heterocycles. The Hall–Kier alpha value is -2.20. The van der Waals surface area contributed by atoms with Crippen LogP contribution in [0.1, 0.15) is 35.6 Å². The number of rotatable bonds is 4. The van der Waals surface area contributed by atoms with Gasteiger partial charge >= 0.3 is 0 Å². The second kappa shape index (κ2) is 6.06. The van der Waals surface area contributed by atoms with E-state index in [1.807, 2.05) is 12.1 Å². The van der Waals surface area contributed by atoms with Gasteiger partial charge in [0.1, 0.15) is 0 Å². The molecule has 1 aliphatic carbocycles. The number of nitro groups is 1. The molecule has 0 saturated carbocycles. The third-order valence-corrected chi connectivity index (χ3v) is 4.07. The van der Waals surface area contributed by atoms with Gasteiger partial charge in [-0.3, -0.25) is 10.1 Å². The summed E-state index contributed by atoms with van der Waals surface area (Å²) in [7, 11) is 0. The molecule has 0 unspecified atom stereocenters. The number of nitrogens with zero attached hydrogens (tertiary/aromatic N) is 1. The number of non-ortho nitro benzene ring substituents is 1. The molecular formula is C17H18N2O2. The van der Waals surface area contributed by atoms with Crippen molar-refractivity contribution in [1.29, 1.82) is 0 Å². The molecular weight excluding hydrogens is 264 g/mol. The molecule has 21 heavy (non-hydrogen) atoms. The van der Waals surface area contributed by atoms with Crippen LogP contribution in [0.25, 0.3) is 0 Å². The number of nitro benzene ring substituents is 1. The predicted molar refractivity (Wildman–Crippen MR) is 82.1 cm³/mol. The first-order valence-electron chi connectivity index (χ1n) is 7.28. The van der Waals surface area contributed by atoms with E-state index in [0.29, 0.717) is 6.04 Å². The first-order chi connectivity index (χ1) is 10.2. The van der Waals surface area contributed by atoms with Crippen LogP contribution in [0, 0.1) is 10.1 Å². The fraction of sp³-hybridized carbons (Fsp3) is 0.294. The van der Waals surface area contributed by atoms with Gasteiger partial charge < -0.3 is 5.32 Å². The predicted octanol–water partition coefficient (Wildman–Crippen LogP) is 3.76. The van der Waals surface area contributed by atoms with Gasteiger partial charge in [0.2, 0.25) is 0 Å². The molecule has 1 N–H and O–H groups in total.